The second-order valence-electron chi connectivity index (χ2n) is 8.08. The van der Waals surface area contributed by atoms with Crippen LogP contribution in [0, 0.1) is 0 Å². The zero-order valence-electron chi connectivity index (χ0n) is 19.4. The number of benzene rings is 2. The van der Waals surface area contributed by atoms with Gasteiger partial charge in [0.2, 0.25) is 10.0 Å². The molecule has 1 saturated heterocycles. The molecule has 0 unspecified atom stereocenters. The normalized spacial score (nSPS) is 13.9. The molecule has 9 heteroatoms. The molecule has 178 valence electrons. The first-order chi connectivity index (χ1) is 16.4. The molecule has 8 nitrogen and oxygen atoms in total. The highest BCUT2D eigenvalue weighted by atomic mass is 32.2. The van der Waals surface area contributed by atoms with Crippen LogP contribution in [-0.2, 0) is 10.0 Å². The molecule has 1 N–H and O–H groups in total. The number of carbonyl (C=O) groups excluding carboxylic acids is 1. The fourth-order valence-electron chi connectivity index (χ4n) is 4.10. The van der Waals surface area contributed by atoms with E-state index in [0.29, 0.717) is 30.2 Å². The van der Waals surface area contributed by atoms with Crippen LogP contribution in [0.25, 0.3) is 11.4 Å². The molecule has 1 aliphatic heterocycles. The number of anilines is 2. The first-order valence-corrected chi connectivity index (χ1v) is 13.0. The van der Waals surface area contributed by atoms with Crippen molar-refractivity contribution in [3.63, 3.8) is 0 Å². The summed E-state index contributed by atoms with van der Waals surface area (Å²) in [5.41, 5.74) is 2.43. The van der Waals surface area contributed by atoms with Crippen LogP contribution in [0.2, 0.25) is 0 Å². The Morgan fingerprint density at radius 2 is 1.65 bits per heavy atom. The van der Waals surface area contributed by atoms with Gasteiger partial charge in [0.25, 0.3) is 5.91 Å². The molecule has 3 aromatic rings. The molecule has 0 spiro atoms. The van der Waals surface area contributed by atoms with E-state index in [2.05, 4.69) is 20.2 Å². The van der Waals surface area contributed by atoms with E-state index in [4.69, 9.17) is 0 Å². The highest BCUT2D eigenvalue weighted by molar-refractivity contribution is 7.89. The van der Waals surface area contributed by atoms with Crippen molar-refractivity contribution < 1.29 is 13.2 Å². The molecular weight excluding hydrogens is 450 g/mol. The van der Waals surface area contributed by atoms with Crippen LogP contribution < -0.4 is 10.2 Å². The molecule has 0 atom stereocenters. The third kappa shape index (κ3) is 4.95. The summed E-state index contributed by atoms with van der Waals surface area (Å²) in [6.07, 6.45) is 5.08. The maximum absolute atomic E-state index is 13.1. The third-order valence-electron chi connectivity index (χ3n) is 5.95. The maximum Gasteiger partial charge on any atom is 0.258 e. The Bertz CT molecular complexity index is 1240. The molecule has 0 saturated carbocycles. The van der Waals surface area contributed by atoms with Crippen molar-refractivity contribution in [1.82, 2.24) is 14.3 Å². The van der Waals surface area contributed by atoms with E-state index in [1.807, 2.05) is 30.3 Å². The van der Waals surface area contributed by atoms with E-state index < -0.39 is 15.9 Å². The molecule has 34 heavy (non-hydrogen) atoms. The predicted molar refractivity (Wildman–Crippen MR) is 133 cm³/mol. The van der Waals surface area contributed by atoms with Crippen molar-refractivity contribution in [3.05, 3.63) is 66.5 Å². The Morgan fingerprint density at radius 3 is 2.26 bits per heavy atom. The number of hydrogen-bond donors (Lipinski definition) is 1. The van der Waals surface area contributed by atoms with Gasteiger partial charge in [-0.3, -0.25) is 4.79 Å². The second-order valence-corrected chi connectivity index (χ2v) is 10.0. The van der Waals surface area contributed by atoms with Crippen LogP contribution in [0.4, 0.5) is 11.4 Å². The van der Waals surface area contributed by atoms with Crippen LogP contribution in [0.5, 0.6) is 0 Å². The van der Waals surface area contributed by atoms with Gasteiger partial charge in [0, 0.05) is 44.1 Å². The van der Waals surface area contributed by atoms with E-state index in [-0.39, 0.29) is 4.90 Å². The summed E-state index contributed by atoms with van der Waals surface area (Å²) >= 11 is 0. The summed E-state index contributed by atoms with van der Waals surface area (Å²) in [6, 6.07) is 14.5. The minimum atomic E-state index is -3.66. The van der Waals surface area contributed by atoms with Gasteiger partial charge < -0.3 is 10.2 Å². The number of sulfonamides is 1. The van der Waals surface area contributed by atoms with E-state index in [9.17, 15) is 13.2 Å². The van der Waals surface area contributed by atoms with Crippen molar-refractivity contribution in [3.8, 4) is 11.4 Å². The summed E-state index contributed by atoms with van der Waals surface area (Å²) in [6.45, 7) is 6.09. The molecule has 4 rings (SSSR count). The highest BCUT2D eigenvalue weighted by Gasteiger charge is 2.25. The quantitative estimate of drug-likeness (QED) is 0.524. The third-order valence-corrected chi connectivity index (χ3v) is 8.00. The Balaban J connectivity index is 1.64. The molecule has 0 radical (unpaired) electrons. The van der Waals surface area contributed by atoms with Gasteiger partial charge in [-0.2, -0.15) is 4.31 Å². The van der Waals surface area contributed by atoms with Crippen molar-refractivity contribution in [2.75, 3.05) is 36.4 Å². The van der Waals surface area contributed by atoms with E-state index in [1.54, 1.807) is 32.0 Å². The van der Waals surface area contributed by atoms with Crippen molar-refractivity contribution >= 4 is 27.3 Å². The maximum atomic E-state index is 13.1. The number of amides is 1. The fourth-order valence-corrected chi connectivity index (χ4v) is 5.58. The van der Waals surface area contributed by atoms with Crippen LogP contribution in [0.1, 0.15) is 37.0 Å². The molecule has 2 heterocycles. The Hall–Kier alpha value is -3.30. The topological polar surface area (TPSA) is 95.5 Å². The summed E-state index contributed by atoms with van der Waals surface area (Å²) in [4.78, 5) is 24.0. The van der Waals surface area contributed by atoms with Crippen LogP contribution in [0.15, 0.2) is 65.8 Å². The number of aromatic nitrogens is 2. The lowest BCUT2D eigenvalue weighted by Gasteiger charge is -2.24. The summed E-state index contributed by atoms with van der Waals surface area (Å²) in [5, 5.41) is 2.91. The molecule has 0 aliphatic carbocycles. The Labute approximate surface area is 200 Å². The zero-order valence-corrected chi connectivity index (χ0v) is 20.3. The fraction of sp³-hybridized carbons (Fsp3) is 0.320. The lowest BCUT2D eigenvalue weighted by atomic mass is 10.2. The van der Waals surface area contributed by atoms with E-state index in [0.717, 1.165) is 37.2 Å². The predicted octanol–water partition coefficient (Wildman–Crippen LogP) is 4.03. The lowest BCUT2D eigenvalue weighted by Crippen LogP contribution is -2.31. The van der Waals surface area contributed by atoms with Gasteiger partial charge in [-0.05, 0) is 31.0 Å². The molecule has 1 amide bonds. The molecular formula is C25H29N5O3S. The first kappa shape index (κ1) is 23.8. The van der Waals surface area contributed by atoms with Crippen molar-refractivity contribution in [2.24, 2.45) is 0 Å². The largest absolute Gasteiger partial charge is 0.370 e. The van der Waals surface area contributed by atoms with E-state index >= 15 is 0 Å². The Kier molecular flexibility index (Phi) is 7.23. The number of carbonyl (C=O) groups is 1. The highest BCUT2D eigenvalue weighted by Crippen LogP contribution is 2.32. The van der Waals surface area contributed by atoms with Crippen molar-refractivity contribution in [1.29, 1.82) is 0 Å². The van der Waals surface area contributed by atoms with E-state index in [1.165, 1.54) is 16.7 Å². The monoisotopic (exact) mass is 479 g/mol. The summed E-state index contributed by atoms with van der Waals surface area (Å²) in [5.74, 6) is 0.139. The number of hydrogen-bond acceptors (Lipinski definition) is 6. The molecule has 1 fully saturated rings. The molecule has 1 aromatic heterocycles. The van der Waals surface area contributed by atoms with Gasteiger partial charge in [0.05, 0.1) is 21.8 Å². The smallest absolute Gasteiger partial charge is 0.258 e. The standard InChI is InChI=1S/C25H29N5O3S/c1-3-30(4-2)34(32,33)21-12-13-23(29-14-8-9-15-29)22(16-21)28-25(31)20-17-26-24(27-18-20)19-10-6-5-7-11-19/h5-7,10-13,16-18H,3-4,8-9,14-15H2,1-2H3,(H,28,31). The molecule has 1 aliphatic rings. The Morgan fingerprint density at radius 1 is 1.00 bits per heavy atom. The minimum absolute atomic E-state index is 0.158. The van der Waals surface area contributed by atoms with Gasteiger partial charge in [-0.1, -0.05) is 44.2 Å². The molecule has 0 bridgehead atoms. The van der Waals surface area contributed by atoms with Gasteiger partial charge >= 0.3 is 0 Å². The summed E-state index contributed by atoms with van der Waals surface area (Å²) in [7, 11) is -3.66. The lowest BCUT2D eigenvalue weighted by molar-refractivity contribution is 0.102. The van der Waals surface area contributed by atoms with Crippen molar-refractivity contribution in [2.45, 2.75) is 31.6 Å². The second kappa shape index (κ2) is 10.3. The van der Waals surface area contributed by atoms with Gasteiger partial charge in [-0.15, -0.1) is 0 Å². The van der Waals surface area contributed by atoms with Gasteiger partial charge in [0.15, 0.2) is 5.82 Å². The number of nitrogens with zero attached hydrogens (tertiary/aromatic N) is 4. The SMILES string of the molecule is CCN(CC)S(=O)(=O)c1ccc(N2CCCC2)c(NC(=O)c2cnc(-c3ccccc3)nc2)c1. The number of rotatable bonds is 8. The van der Waals surface area contributed by atoms with Gasteiger partial charge in [-0.25, -0.2) is 18.4 Å². The van der Waals surface area contributed by atoms with Gasteiger partial charge in [0.1, 0.15) is 0 Å². The number of nitrogens with one attached hydrogen (secondary N) is 1. The molecule has 2 aromatic carbocycles. The van der Waals surface area contributed by atoms with Crippen LogP contribution >= 0.6 is 0 Å². The first-order valence-electron chi connectivity index (χ1n) is 11.5. The summed E-state index contributed by atoms with van der Waals surface area (Å²) < 4.78 is 27.6. The average Bonchev–Trinajstić information content (AvgIpc) is 3.40. The zero-order chi connectivity index (χ0) is 24.1. The average molecular weight is 480 g/mol. The van der Waals surface area contributed by atoms with Crippen LogP contribution in [-0.4, -0.2) is 54.8 Å². The van der Waals surface area contributed by atoms with Crippen LogP contribution in [0.3, 0.4) is 0 Å². The minimum Gasteiger partial charge on any atom is -0.370 e.